The summed E-state index contributed by atoms with van der Waals surface area (Å²) >= 11 is 0. The van der Waals surface area contributed by atoms with Gasteiger partial charge in [-0.15, -0.1) is 13.2 Å². The van der Waals surface area contributed by atoms with Gasteiger partial charge in [0.25, 0.3) is 0 Å². The molecule has 16 nitrogen and oxygen atoms in total. The zero-order valence-corrected chi connectivity index (χ0v) is 31.1. The fourth-order valence-electron chi connectivity index (χ4n) is 6.94. The van der Waals surface area contributed by atoms with Gasteiger partial charge in [0.05, 0.1) is 6.04 Å². The number of aliphatic hydroxyl groups is 1. The molecule has 3 aliphatic heterocycles. The standard InChI is InChI=1S/C37H46F3N7O9/c1-21-32(50)47-18-8-12-29(47)35(53)55-20-27(33(51)46-17-7-11-28(46)34(52)45(3)22(2)30(48)41-21)43-31(49)26(19-23-9-5-4-6-10-23)44-36(54)42-24-13-15-25(16-14-24)56-37(38,39)40/h4-6,9-10,13-16,21-22,26-29,36,42,44,54H,7-8,11-12,17-20H2,1-3H3,(H,41,48)(H,43,49)/t21-,22-,26-,27-,28-,29?,36?/m0/s1. The van der Waals surface area contributed by atoms with Crippen LogP contribution in [0, 0.1) is 0 Å². The Labute approximate surface area is 321 Å². The van der Waals surface area contributed by atoms with Gasteiger partial charge in [-0.25, -0.2) is 4.79 Å². The molecule has 304 valence electrons. The largest absolute Gasteiger partial charge is 0.573 e. The molecule has 5 N–H and O–H groups in total. The summed E-state index contributed by atoms with van der Waals surface area (Å²) < 4.78 is 47.4. The first-order valence-electron chi connectivity index (χ1n) is 18.3. The van der Waals surface area contributed by atoms with E-state index in [9.17, 15) is 47.0 Å². The highest BCUT2D eigenvalue weighted by Gasteiger charge is 2.43. The number of esters is 1. The Morgan fingerprint density at radius 2 is 1.55 bits per heavy atom. The van der Waals surface area contributed by atoms with Gasteiger partial charge in [0.2, 0.25) is 29.5 Å². The monoisotopic (exact) mass is 789 g/mol. The maximum atomic E-state index is 14.3. The van der Waals surface area contributed by atoms with Gasteiger partial charge in [0, 0.05) is 25.8 Å². The van der Waals surface area contributed by atoms with Gasteiger partial charge in [0.15, 0.2) is 6.35 Å². The van der Waals surface area contributed by atoms with E-state index >= 15 is 0 Å². The topological polar surface area (TPSA) is 199 Å². The molecule has 2 unspecified atom stereocenters. The zero-order valence-electron chi connectivity index (χ0n) is 31.1. The molecule has 0 radical (unpaired) electrons. The molecule has 0 bridgehead atoms. The van der Waals surface area contributed by atoms with E-state index in [1.54, 1.807) is 30.3 Å². The summed E-state index contributed by atoms with van der Waals surface area (Å²) in [7, 11) is 1.42. The highest BCUT2D eigenvalue weighted by atomic mass is 19.4. The van der Waals surface area contributed by atoms with E-state index in [2.05, 4.69) is 26.0 Å². The van der Waals surface area contributed by atoms with Crippen molar-refractivity contribution in [2.24, 2.45) is 0 Å². The number of nitrogens with zero attached hydrogens (tertiary/aromatic N) is 3. The number of benzene rings is 2. The second-order valence-electron chi connectivity index (χ2n) is 14.0. The highest BCUT2D eigenvalue weighted by Crippen LogP contribution is 2.25. The Balaban J connectivity index is 1.40. The van der Waals surface area contributed by atoms with Crippen molar-refractivity contribution in [3.05, 3.63) is 60.2 Å². The van der Waals surface area contributed by atoms with Crippen molar-refractivity contribution in [2.45, 2.75) is 94.9 Å². The molecule has 3 saturated heterocycles. The lowest BCUT2D eigenvalue weighted by molar-refractivity contribution is -0.274. The normalized spacial score (nSPS) is 25.2. The zero-order chi connectivity index (χ0) is 40.7. The van der Waals surface area contributed by atoms with Crippen molar-refractivity contribution >= 4 is 41.2 Å². The van der Waals surface area contributed by atoms with Crippen molar-refractivity contribution < 1.29 is 56.5 Å². The molecule has 19 heteroatoms. The van der Waals surface area contributed by atoms with E-state index in [4.69, 9.17) is 4.74 Å². The lowest BCUT2D eigenvalue weighted by Crippen LogP contribution is -2.61. The van der Waals surface area contributed by atoms with E-state index < -0.39 is 96.8 Å². The van der Waals surface area contributed by atoms with Gasteiger partial charge in [0.1, 0.15) is 42.6 Å². The summed E-state index contributed by atoms with van der Waals surface area (Å²) in [5, 5.41) is 21.6. The molecule has 3 heterocycles. The van der Waals surface area contributed by atoms with Gasteiger partial charge < -0.3 is 45.2 Å². The summed E-state index contributed by atoms with van der Waals surface area (Å²) in [6, 6.07) is 6.38. The van der Waals surface area contributed by atoms with Gasteiger partial charge in [-0.3, -0.25) is 29.3 Å². The first-order valence-corrected chi connectivity index (χ1v) is 18.3. The average Bonchev–Trinajstić information content (AvgIpc) is 3.86. The van der Waals surface area contributed by atoms with Gasteiger partial charge in [-0.1, -0.05) is 30.3 Å². The molecular formula is C37H46F3N7O9. The number of nitrogens with one attached hydrogen (secondary N) is 4. The minimum absolute atomic E-state index is 0.0165. The Hall–Kier alpha value is -5.43. The molecule has 0 spiro atoms. The van der Waals surface area contributed by atoms with E-state index in [0.717, 1.165) is 12.1 Å². The Kier molecular flexibility index (Phi) is 13.4. The van der Waals surface area contributed by atoms with E-state index in [0.29, 0.717) is 18.4 Å². The SMILES string of the molecule is C[C@@H]1NC(=O)[C@H](C)N(C)C(=O)[C@@H]2CCCN2C(=O)[C@@H](NC(=O)[C@H](Cc2ccccc2)NC(O)Nc2ccc(OC(F)(F)F)cc2)COC(=O)C2CCCN2C1=O. The summed E-state index contributed by atoms with van der Waals surface area (Å²) in [6.45, 7) is 2.68. The van der Waals surface area contributed by atoms with Crippen LogP contribution in [0.2, 0.25) is 0 Å². The predicted molar refractivity (Wildman–Crippen MR) is 192 cm³/mol. The Bertz CT molecular complexity index is 1750. The minimum Gasteiger partial charge on any atom is -0.461 e. The molecule has 0 aliphatic carbocycles. The summed E-state index contributed by atoms with van der Waals surface area (Å²) in [5.41, 5.74) is 0.830. The molecule has 56 heavy (non-hydrogen) atoms. The number of alkyl halides is 3. The molecular weight excluding hydrogens is 743 g/mol. The third-order valence-electron chi connectivity index (χ3n) is 10.0. The van der Waals surface area contributed by atoms with E-state index in [-0.39, 0.29) is 38.0 Å². The summed E-state index contributed by atoms with van der Waals surface area (Å²) in [5.74, 6) is -4.50. The van der Waals surface area contributed by atoms with Crippen molar-refractivity contribution in [1.29, 1.82) is 0 Å². The van der Waals surface area contributed by atoms with Crippen molar-refractivity contribution in [2.75, 3.05) is 32.1 Å². The van der Waals surface area contributed by atoms with Crippen LogP contribution in [0.3, 0.4) is 0 Å². The van der Waals surface area contributed by atoms with Crippen LogP contribution in [0.5, 0.6) is 5.75 Å². The number of hydrogen-bond acceptors (Lipinski definition) is 11. The quantitative estimate of drug-likeness (QED) is 0.178. The predicted octanol–water partition coefficient (Wildman–Crippen LogP) is 0.849. The number of aliphatic hydroxyl groups excluding tert-OH is 1. The lowest BCUT2D eigenvalue weighted by atomic mass is 10.0. The molecule has 7 atom stereocenters. The van der Waals surface area contributed by atoms with Crippen LogP contribution >= 0.6 is 0 Å². The lowest BCUT2D eigenvalue weighted by Gasteiger charge is -2.34. The highest BCUT2D eigenvalue weighted by molar-refractivity contribution is 5.97. The van der Waals surface area contributed by atoms with Crippen LogP contribution in [-0.2, 0) is 39.9 Å². The van der Waals surface area contributed by atoms with Crippen LogP contribution in [0.25, 0.3) is 0 Å². The van der Waals surface area contributed by atoms with Crippen LogP contribution in [0.1, 0.15) is 45.1 Å². The van der Waals surface area contributed by atoms with Gasteiger partial charge >= 0.3 is 12.3 Å². The smallest absolute Gasteiger partial charge is 0.461 e. The maximum absolute atomic E-state index is 14.3. The first-order chi connectivity index (χ1) is 26.5. The molecule has 5 amide bonds. The van der Waals surface area contributed by atoms with Crippen molar-refractivity contribution in [1.82, 2.24) is 30.7 Å². The summed E-state index contributed by atoms with van der Waals surface area (Å²) in [4.78, 5) is 86.0. The van der Waals surface area contributed by atoms with Crippen LogP contribution in [0.4, 0.5) is 18.9 Å². The minimum atomic E-state index is -4.90. The second kappa shape index (κ2) is 18.0. The molecule has 3 aliphatic rings. The third kappa shape index (κ3) is 10.4. The number of carbonyl (C=O) groups is 6. The number of anilines is 1. The molecule has 0 aromatic heterocycles. The number of halogens is 3. The fourth-order valence-corrected chi connectivity index (χ4v) is 6.94. The fraction of sp³-hybridized carbons (Fsp3) is 0.514. The molecule has 0 saturated carbocycles. The molecule has 3 fully saturated rings. The van der Waals surface area contributed by atoms with Gasteiger partial charge in [-0.05, 0) is 75.8 Å². The van der Waals surface area contributed by atoms with Crippen LogP contribution in [-0.4, -0.2) is 131 Å². The Morgan fingerprint density at radius 1 is 0.929 bits per heavy atom. The number of cyclic esters (lactones) is 1. The number of likely N-dealkylation sites (N-methyl/N-ethyl adjacent to an activating group) is 1. The van der Waals surface area contributed by atoms with Crippen molar-refractivity contribution in [3.8, 4) is 5.75 Å². The third-order valence-corrected chi connectivity index (χ3v) is 10.0. The van der Waals surface area contributed by atoms with Gasteiger partial charge in [-0.2, -0.15) is 0 Å². The first kappa shape index (κ1) is 41.7. The van der Waals surface area contributed by atoms with Crippen molar-refractivity contribution in [3.63, 3.8) is 0 Å². The second-order valence-corrected chi connectivity index (χ2v) is 14.0. The molecule has 5 rings (SSSR count). The molecule has 2 aromatic rings. The number of amides is 5. The van der Waals surface area contributed by atoms with E-state index in [1.165, 1.54) is 47.7 Å². The average molecular weight is 790 g/mol. The molecule has 2 aromatic carbocycles. The van der Waals surface area contributed by atoms with Crippen LogP contribution in [0.15, 0.2) is 54.6 Å². The number of hydrogen-bond donors (Lipinski definition) is 5. The number of carbonyl (C=O) groups excluding carboxylic acids is 6. The Morgan fingerprint density at radius 3 is 2.20 bits per heavy atom. The number of rotatable bonds is 9. The summed E-state index contributed by atoms with van der Waals surface area (Å²) in [6.07, 6.45) is -5.12. The van der Waals surface area contributed by atoms with E-state index in [1.807, 2.05) is 0 Å². The maximum Gasteiger partial charge on any atom is 0.573 e. The number of ether oxygens (including phenoxy) is 2. The van der Waals surface area contributed by atoms with Crippen LogP contribution < -0.4 is 26.0 Å². The number of fused-ring (bicyclic) bond motifs is 2.